The van der Waals surface area contributed by atoms with E-state index >= 15 is 0 Å². The summed E-state index contributed by atoms with van der Waals surface area (Å²) in [5, 5.41) is 2.80. The predicted octanol–water partition coefficient (Wildman–Crippen LogP) is 3.92. The number of anilines is 1. The fraction of sp³-hybridized carbons (Fsp3) is 0.235. The first-order valence-corrected chi connectivity index (χ1v) is 6.66. The molecule has 0 aliphatic heterocycles. The highest BCUT2D eigenvalue weighted by Gasteiger charge is 2.39. The Bertz CT molecular complexity index is 574. The van der Waals surface area contributed by atoms with Crippen molar-refractivity contribution < 1.29 is 4.79 Å². The van der Waals surface area contributed by atoms with Gasteiger partial charge in [0, 0.05) is 12.6 Å². The SMILES string of the molecule is CC(=O)Nc1ccc(C2CC2c2ccccc2)cc1. The van der Waals surface area contributed by atoms with Crippen molar-refractivity contribution in [3.05, 3.63) is 65.7 Å². The molecule has 0 heterocycles. The largest absolute Gasteiger partial charge is 0.326 e. The molecule has 0 spiro atoms. The van der Waals surface area contributed by atoms with Gasteiger partial charge in [-0.25, -0.2) is 0 Å². The van der Waals surface area contributed by atoms with Crippen molar-refractivity contribution in [1.82, 2.24) is 0 Å². The minimum absolute atomic E-state index is 0.0265. The lowest BCUT2D eigenvalue weighted by atomic mass is 10.0. The second kappa shape index (κ2) is 4.88. The molecule has 2 aromatic carbocycles. The first-order chi connectivity index (χ1) is 9.24. The monoisotopic (exact) mass is 251 g/mol. The Morgan fingerprint density at radius 2 is 1.53 bits per heavy atom. The summed E-state index contributed by atoms with van der Waals surface area (Å²) in [7, 11) is 0. The van der Waals surface area contributed by atoms with Crippen molar-refractivity contribution in [3.63, 3.8) is 0 Å². The van der Waals surface area contributed by atoms with Gasteiger partial charge in [-0.05, 0) is 41.5 Å². The maximum absolute atomic E-state index is 11.0. The number of nitrogens with one attached hydrogen (secondary N) is 1. The van der Waals surface area contributed by atoms with Gasteiger partial charge in [-0.2, -0.15) is 0 Å². The number of amides is 1. The summed E-state index contributed by atoms with van der Waals surface area (Å²) in [6.07, 6.45) is 1.23. The summed E-state index contributed by atoms with van der Waals surface area (Å²) >= 11 is 0. The zero-order valence-electron chi connectivity index (χ0n) is 11.0. The summed E-state index contributed by atoms with van der Waals surface area (Å²) in [5.74, 6) is 1.27. The van der Waals surface area contributed by atoms with Gasteiger partial charge in [-0.1, -0.05) is 42.5 Å². The number of rotatable bonds is 3. The van der Waals surface area contributed by atoms with Crippen molar-refractivity contribution in [2.75, 3.05) is 5.32 Å². The number of carbonyl (C=O) groups is 1. The number of benzene rings is 2. The van der Waals surface area contributed by atoms with Gasteiger partial charge in [0.2, 0.25) is 5.91 Å². The van der Waals surface area contributed by atoms with Gasteiger partial charge in [-0.15, -0.1) is 0 Å². The van der Waals surface area contributed by atoms with Crippen LogP contribution in [0.3, 0.4) is 0 Å². The quantitative estimate of drug-likeness (QED) is 0.880. The molecule has 1 amide bonds. The Morgan fingerprint density at radius 1 is 0.947 bits per heavy atom. The Hall–Kier alpha value is -2.09. The van der Waals surface area contributed by atoms with Crippen molar-refractivity contribution in [2.24, 2.45) is 0 Å². The maximum atomic E-state index is 11.0. The minimum Gasteiger partial charge on any atom is -0.326 e. The van der Waals surface area contributed by atoms with Crippen LogP contribution in [-0.4, -0.2) is 5.91 Å². The Morgan fingerprint density at radius 3 is 2.11 bits per heavy atom. The van der Waals surface area contributed by atoms with Crippen LogP contribution in [0.1, 0.15) is 36.3 Å². The van der Waals surface area contributed by atoms with E-state index in [-0.39, 0.29) is 5.91 Å². The van der Waals surface area contributed by atoms with E-state index in [2.05, 4.69) is 47.8 Å². The molecule has 0 radical (unpaired) electrons. The molecule has 1 saturated carbocycles. The van der Waals surface area contributed by atoms with Gasteiger partial charge >= 0.3 is 0 Å². The smallest absolute Gasteiger partial charge is 0.221 e. The summed E-state index contributed by atoms with van der Waals surface area (Å²) in [6.45, 7) is 1.53. The fourth-order valence-electron chi connectivity index (χ4n) is 2.65. The fourth-order valence-corrected chi connectivity index (χ4v) is 2.65. The average molecular weight is 251 g/mol. The molecule has 1 aliphatic carbocycles. The molecule has 3 rings (SSSR count). The molecule has 96 valence electrons. The molecule has 19 heavy (non-hydrogen) atoms. The third kappa shape index (κ3) is 2.68. The van der Waals surface area contributed by atoms with Crippen LogP contribution in [-0.2, 0) is 4.79 Å². The Kier molecular flexibility index (Phi) is 3.08. The van der Waals surface area contributed by atoms with Gasteiger partial charge in [0.15, 0.2) is 0 Å². The molecule has 1 N–H and O–H groups in total. The van der Waals surface area contributed by atoms with Crippen LogP contribution < -0.4 is 5.32 Å². The van der Waals surface area contributed by atoms with Gasteiger partial charge in [0.25, 0.3) is 0 Å². The zero-order chi connectivity index (χ0) is 13.2. The van der Waals surface area contributed by atoms with E-state index in [0.29, 0.717) is 11.8 Å². The highest BCUT2D eigenvalue weighted by Crippen LogP contribution is 2.54. The second-order valence-electron chi connectivity index (χ2n) is 5.16. The molecule has 1 fully saturated rings. The van der Waals surface area contributed by atoms with Crippen molar-refractivity contribution in [3.8, 4) is 0 Å². The molecule has 0 saturated heterocycles. The van der Waals surface area contributed by atoms with E-state index in [1.54, 1.807) is 0 Å². The maximum Gasteiger partial charge on any atom is 0.221 e. The third-order valence-electron chi connectivity index (χ3n) is 3.68. The van der Waals surface area contributed by atoms with E-state index in [1.807, 2.05) is 12.1 Å². The average Bonchev–Trinajstić information content (AvgIpc) is 3.20. The van der Waals surface area contributed by atoms with Crippen LogP contribution in [0.15, 0.2) is 54.6 Å². The standard InChI is InChI=1S/C17H17NO/c1-12(19)18-15-9-7-14(8-10-15)17-11-16(17)13-5-3-2-4-6-13/h2-10,16-17H,11H2,1H3,(H,18,19). The molecule has 0 aromatic heterocycles. The van der Waals surface area contributed by atoms with Crippen molar-refractivity contribution in [2.45, 2.75) is 25.2 Å². The van der Waals surface area contributed by atoms with Gasteiger partial charge in [0.1, 0.15) is 0 Å². The molecular weight excluding hydrogens is 234 g/mol. The van der Waals surface area contributed by atoms with E-state index in [1.165, 1.54) is 24.5 Å². The molecular formula is C17H17NO. The Balaban J connectivity index is 1.70. The molecule has 2 atom stereocenters. The summed E-state index contributed by atoms with van der Waals surface area (Å²) < 4.78 is 0. The zero-order valence-corrected chi connectivity index (χ0v) is 11.0. The van der Waals surface area contributed by atoms with Crippen molar-refractivity contribution >= 4 is 11.6 Å². The molecule has 1 aliphatic rings. The molecule has 2 nitrogen and oxygen atoms in total. The van der Waals surface area contributed by atoms with E-state index in [0.717, 1.165) is 5.69 Å². The number of hydrogen-bond acceptors (Lipinski definition) is 1. The first kappa shape index (κ1) is 12.0. The second-order valence-corrected chi connectivity index (χ2v) is 5.16. The highest BCUT2D eigenvalue weighted by molar-refractivity contribution is 5.88. The topological polar surface area (TPSA) is 29.1 Å². The molecule has 2 unspecified atom stereocenters. The molecule has 0 bridgehead atoms. The van der Waals surface area contributed by atoms with Crippen LogP contribution in [0.2, 0.25) is 0 Å². The lowest BCUT2D eigenvalue weighted by Gasteiger charge is -2.04. The van der Waals surface area contributed by atoms with Gasteiger partial charge in [-0.3, -0.25) is 4.79 Å². The van der Waals surface area contributed by atoms with E-state index < -0.39 is 0 Å². The van der Waals surface area contributed by atoms with Crippen LogP contribution in [0.5, 0.6) is 0 Å². The summed E-state index contributed by atoms with van der Waals surface area (Å²) in [6, 6.07) is 18.9. The minimum atomic E-state index is -0.0265. The van der Waals surface area contributed by atoms with Crippen LogP contribution in [0.25, 0.3) is 0 Å². The molecule has 2 heteroatoms. The lowest BCUT2D eigenvalue weighted by Crippen LogP contribution is -2.05. The van der Waals surface area contributed by atoms with Crippen molar-refractivity contribution in [1.29, 1.82) is 0 Å². The predicted molar refractivity (Wildman–Crippen MR) is 77.3 cm³/mol. The third-order valence-corrected chi connectivity index (χ3v) is 3.68. The van der Waals surface area contributed by atoms with Crippen LogP contribution >= 0.6 is 0 Å². The molecule has 2 aromatic rings. The lowest BCUT2D eigenvalue weighted by molar-refractivity contribution is -0.114. The first-order valence-electron chi connectivity index (χ1n) is 6.66. The summed E-state index contributed by atoms with van der Waals surface area (Å²) in [4.78, 5) is 11.0. The van der Waals surface area contributed by atoms with E-state index in [4.69, 9.17) is 0 Å². The van der Waals surface area contributed by atoms with E-state index in [9.17, 15) is 4.79 Å². The van der Waals surface area contributed by atoms with Crippen LogP contribution in [0.4, 0.5) is 5.69 Å². The highest BCUT2D eigenvalue weighted by atomic mass is 16.1. The normalized spacial score (nSPS) is 20.9. The Labute approximate surface area is 113 Å². The summed E-state index contributed by atoms with van der Waals surface area (Å²) in [5.41, 5.74) is 3.66. The number of carbonyl (C=O) groups excluding carboxylic acids is 1. The van der Waals surface area contributed by atoms with Crippen LogP contribution in [0, 0.1) is 0 Å². The number of hydrogen-bond donors (Lipinski definition) is 1. The van der Waals surface area contributed by atoms with Gasteiger partial charge < -0.3 is 5.32 Å². The van der Waals surface area contributed by atoms with Gasteiger partial charge in [0.05, 0.1) is 0 Å².